The van der Waals surface area contributed by atoms with E-state index in [1.54, 1.807) is 0 Å². The smallest absolute Gasteiger partial charge is 0.406 e. The van der Waals surface area contributed by atoms with Crippen LogP contribution in [0, 0.1) is 0 Å². The molecule has 0 radical (unpaired) electrons. The van der Waals surface area contributed by atoms with Crippen LogP contribution in [0.1, 0.15) is 44.9 Å². The van der Waals surface area contributed by atoms with E-state index in [2.05, 4.69) is 15.0 Å². The summed E-state index contributed by atoms with van der Waals surface area (Å²) in [6, 6.07) is 0. The summed E-state index contributed by atoms with van der Waals surface area (Å²) in [5.74, 6) is 0. The molecule has 4 heteroatoms. The van der Waals surface area contributed by atoms with Crippen LogP contribution in [0.4, 0.5) is 4.79 Å². The normalized spacial score (nSPS) is 16.8. The number of unbranched alkanes of at least 4 members (excludes halogenated alkanes) is 3. The van der Waals surface area contributed by atoms with Gasteiger partial charge in [0, 0.05) is 6.54 Å². The fourth-order valence-corrected chi connectivity index (χ4v) is 2.26. The summed E-state index contributed by atoms with van der Waals surface area (Å²) in [7, 11) is 1.40. The second-order valence-electron chi connectivity index (χ2n) is 4.73. The maximum absolute atomic E-state index is 10.8. The SMILES string of the molecule is COC(=O)NCCCCCCN1CCCCC1. The lowest BCUT2D eigenvalue weighted by Gasteiger charge is -2.26. The van der Waals surface area contributed by atoms with Crippen molar-refractivity contribution in [1.29, 1.82) is 0 Å². The van der Waals surface area contributed by atoms with Crippen LogP contribution < -0.4 is 5.32 Å². The molecular weight excluding hydrogens is 216 g/mol. The minimum absolute atomic E-state index is 0.321. The molecule has 1 fully saturated rings. The van der Waals surface area contributed by atoms with Crippen LogP contribution in [-0.4, -0.2) is 44.3 Å². The average Bonchev–Trinajstić information content (AvgIpc) is 2.38. The van der Waals surface area contributed by atoms with Gasteiger partial charge in [-0.3, -0.25) is 0 Å². The Labute approximate surface area is 105 Å². The molecule has 4 nitrogen and oxygen atoms in total. The third kappa shape index (κ3) is 7.21. The number of carbonyl (C=O) groups excluding carboxylic acids is 1. The highest BCUT2D eigenvalue weighted by Crippen LogP contribution is 2.10. The van der Waals surface area contributed by atoms with Crippen molar-refractivity contribution >= 4 is 6.09 Å². The van der Waals surface area contributed by atoms with Gasteiger partial charge >= 0.3 is 6.09 Å². The van der Waals surface area contributed by atoms with Crippen molar-refractivity contribution in [2.24, 2.45) is 0 Å². The molecule has 1 N–H and O–H groups in total. The maximum Gasteiger partial charge on any atom is 0.406 e. The maximum atomic E-state index is 10.8. The summed E-state index contributed by atoms with van der Waals surface area (Å²) in [5, 5.41) is 2.70. The highest BCUT2D eigenvalue weighted by molar-refractivity contribution is 5.66. The number of likely N-dealkylation sites (tertiary alicyclic amines) is 1. The lowest BCUT2D eigenvalue weighted by molar-refractivity contribution is 0.171. The summed E-state index contributed by atoms with van der Waals surface area (Å²) < 4.78 is 4.50. The van der Waals surface area contributed by atoms with Crippen LogP contribution in [-0.2, 0) is 4.74 Å². The monoisotopic (exact) mass is 242 g/mol. The number of hydrogen-bond acceptors (Lipinski definition) is 3. The zero-order valence-corrected chi connectivity index (χ0v) is 11.0. The van der Waals surface area contributed by atoms with Crippen LogP contribution in [0.5, 0.6) is 0 Å². The summed E-state index contributed by atoms with van der Waals surface area (Å²) in [4.78, 5) is 13.3. The molecule has 1 saturated heterocycles. The number of carbonyl (C=O) groups is 1. The van der Waals surface area contributed by atoms with E-state index in [0.29, 0.717) is 0 Å². The molecule has 0 atom stereocenters. The lowest BCUT2D eigenvalue weighted by atomic mass is 10.1. The Morgan fingerprint density at radius 1 is 1.12 bits per heavy atom. The van der Waals surface area contributed by atoms with Crippen molar-refractivity contribution in [3.05, 3.63) is 0 Å². The van der Waals surface area contributed by atoms with Gasteiger partial charge in [-0.25, -0.2) is 4.79 Å². The third-order valence-electron chi connectivity index (χ3n) is 3.30. The molecule has 0 unspecified atom stereocenters. The molecule has 17 heavy (non-hydrogen) atoms. The molecule has 1 heterocycles. The number of ether oxygens (including phenoxy) is 1. The first-order valence-corrected chi connectivity index (χ1v) is 6.87. The van der Waals surface area contributed by atoms with Gasteiger partial charge in [0.2, 0.25) is 0 Å². The Kier molecular flexibility index (Phi) is 7.80. The molecule has 0 saturated carbocycles. The highest BCUT2D eigenvalue weighted by atomic mass is 16.5. The van der Waals surface area contributed by atoms with Crippen molar-refractivity contribution < 1.29 is 9.53 Å². The number of hydrogen-bond donors (Lipinski definition) is 1. The topological polar surface area (TPSA) is 41.6 Å². The average molecular weight is 242 g/mol. The second kappa shape index (κ2) is 9.28. The van der Waals surface area contributed by atoms with Gasteiger partial charge in [0.15, 0.2) is 0 Å². The molecule has 1 aliphatic rings. The number of methoxy groups -OCH3 is 1. The zero-order valence-electron chi connectivity index (χ0n) is 11.0. The van der Waals surface area contributed by atoms with Crippen LogP contribution in [0.3, 0.4) is 0 Å². The summed E-state index contributed by atoms with van der Waals surface area (Å²) in [6.07, 6.45) is 8.64. The van der Waals surface area contributed by atoms with Gasteiger partial charge in [-0.1, -0.05) is 19.3 Å². The van der Waals surface area contributed by atoms with Gasteiger partial charge in [-0.15, -0.1) is 0 Å². The molecule has 1 amide bonds. The number of nitrogens with one attached hydrogen (secondary N) is 1. The predicted molar refractivity (Wildman–Crippen MR) is 69.2 cm³/mol. The molecule has 0 aliphatic carbocycles. The van der Waals surface area contributed by atoms with Crippen molar-refractivity contribution in [2.75, 3.05) is 33.3 Å². The van der Waals surface area contributed by atoms with E-state index in [1.165, 1.54) is 65.3 Å². The van der Waals surface area contributed by atoms with E-state index < -0.39 is 0 Å². The standard InChI is InChI=1S/C13H26N2O2/c1-17-13(16)14-9-5-2-3-6-10-15-11-7-4-8-12-15/h2-12H2,1H3,(H,14,16). The van der Waals surface area contributed by atoms with Gasteiger partial charge in [-0.2, -0.15) is 0 Å². The van der Waals surface area contributed by atoms with E-state index in [0.717, 1.165) is 13.0 Å². The minimum atomic E-state index is -0.321. The predicted octanol–water partition coefficient (Wildman–Crippen LogP) is 2.39. The molecule has 0 bridgehead atoms. The van der Waals surface area contributed by atoms with E-state index >= 15 is 0 Å². The third-order valence-corrected chi connectivity index (χ3v) is 3.30. The summed E-state index contributed by atoms with van der Waals surface area (Å²) in [5.41, 5.74) is 0. The van der Waals surface area contributed by atoms with Crippen LogP contribution in [0.2, 0.25) is 0 Å². The number of nitrogens with zero attached hydrogens (tertiary/aromatic N) is 1. The Morgan fingerprint density at radius 2 is 1.82 bits per heavy atom. The lowest BCUT2D eigenvalue weighted by Crippen LogP contribution is -2.30. The first kappa shape index (κ1) is 14.3. The Morgan fingerprint density at radius 3 is 2.53 bits per heavy atom. The Bertz CT molecular complexity index is 204. The number of piperidine rings is 1. The van der Waals surface area contributed by atoms with Crippen LogP contribution in [0.25, 0.3) is 0 Å². The van der Waals surface area contributed by atoms with Crippen molar-refractivity contribution in [1.82, 2.24) is 10.2 Å². The number of rotatable bonds is 7. The van der Waals surface area contributed by atoms with Gasteiger partial charge in [0.25, 0.3) is 0 Å². The Hall–Kier alpha value is -0.770. The van der Waals surface area contributed by atoms with E-state index in [9.17, 15) is 4.79 Å². The molecular formula is C13H26N2O2. The molecule has 0 aromatic carbocycles. The van der Waals surface area contributed by atoms with E-state index in [1.807, 2.05) is 0 Å². The van der Waals surface area contributed by atoms with E-state index in [-0.39, 0.29) is 6.09 Å². The van der Waals surface area contributed by atoms with Gasteiger partial charge in [0.1, 0.15) is 0 Å². The van der Waals surface area contributed by atoms with Crippen LogP contribution >= 0.6 is 0 Å². The first-order valence-electron chi connectivity index (χ1n) is 6.87. The Balaban J connectivity index is 1.82. The minimum Gasteiger partial charge on any atom is -0.453 e. The summed E-state index contributed by atoms with van der Waals surface area (Å²) in [6.45, 7) is 4.58. The fraction of sp³-hybridized carbons (Fsp3) is 0.923. The first-order chi connectivity index (χ1) is 8.33. The number of amides is 1. The fourth-order valence-electron chi connectivity index (χ4n) is 2.26. The quantitative estimate of drug-likeness (QED) is 0.697. The molecule has 100 valence electrons. The van der Waals surface area contributed by atoms with E-state index in [4.69, 9.17) is 0 Å². The van der Waals surface area contributed by atoms with Crippen molar-refractivity contribution in [3.8, 4) is 0 Å². The largest absolute Gasteiger partial charge is 0.453 e. The molecule has 0 aromatic rings. The number of alkyl carbamates (subject to hydrolysis) is 1. The molecule has 1 rings (SSSR count). The van der Waals surface area contributed by atoms with Crippen LogP contribution in [0.15, 0.2) is 0 Å². The summed E-state index contributed by atoms with van der Waals surface area (Å²) >= 11 is 0. The van der Waals surface area contributed by atoms with Crippen molar-refractivity contribution in [2.45, 2.75) is 44.9 Å². The van der Waals surface area contributed by atoms with Crippen molar-refractivity contribution in [3.63, 3.8) is 0 Å². The molecule has 1 aliphatic heterocycles. The highest BCUT2D eigenvalue weighted by Gasteiger charge is 2.08. The second-order valence-corrected chi connectivity index (χ2v) is 4.73. The van der Waals surface area contributed by atoms with Gasteiger partial charge in [0.05, 0.1) is 7.11 Å². The van der Waals surface area contributed by atoms with Gasteiger partial charge < -0.3 is 15.0 Å². The zero-order chi connectivity index (χ0) is 12.3. The molecule has 0 spiro atoms. The van der Waals surface area contributed by atoms with Gasteiger partial charge in [-0.05, 0) is 45.3 Å². The molecule has 0 aromatic heterocycles.